The van der Waals surface area contributed by atoms with Crippen molar-refractivity contribution in [3.8, 4) is 5.75 Å². The highest BCUT2D eigenvalue weighted by Gasteiger charge is 2.11. The van der Waals surface area contributed by atoms with Crippen LogP contribution in [0.2, 0.25) is 0 Å². The van der Waals surface area contributed by atoms with Crippen LogP contribution in [0.25, 0.3) is 0 Å². The van der Waals surface area contributed by atoms with Gasteiger partial charge in [0.15, 0.2) is 6.61 Å². The van der Waals surface area contributed by atoms with Crippen LogP contribution < -0.4 is 10.1 Å². The summed E-state index contributed by atoms with van der Waals surface area (Å²) in [6.07, 6.45) is 0. The standard InChI is InChI=1S/C15H24N2O2/c1-4-17(5-2)13(3)11-16-15(18)12-19-14-9-7-6-8-10-14/h6-10,13H,4-5,11-12H2,1-3H3,(H,16,18). The number of carbonyl (C=O) groups is 1. The van der Waals surface area contributed by atoms with Crippen molar-refractivity contribution in [3.63, 3.8) is 0 Å². The third-order valence-electron chi connectivity index (χ3n) is 3.14. The van der Waals surface area contributed by atoms with Crippen LogP contribution in [0.5, 0.6) is 5.75 Å². The highest BCUT2D eigenvalue weighted by Crippen LogP contribution is 2.07. The topological polar surface area (TPSA) is 41.6 Å². The van der Waals surface area contributed by atoms with Crippen LogP contribution in [-0.4, -0.2) is 43.1 Å². The van der Waals surface area contributed by atoms with Crippen LogP contribution in [-0.2, 0) is 4.79 Å². The molecule has 0 aliphatic heterocycles. The molecule has 0 saturated heterocycles. The van der Waals surface area contributed by atoms with E-state index >= 15 is 0 Å². The number of hydrogen-bond donors (Lipinski definition) is 1. The van der Waals surface area contributed by atoms with E-state index in [1.807, 2.05) is 30.3 Å². The summed E-state index contributed by atoms with van der Waals surface area (Å²) >= 11 is 0. The molecular formula is C15H24N2O2. The predicted octanol–water partition coefficient (Wildman–Crippen LogP) is 1.91. The fourth-order valence-corrected chi connectivity index (χ4v) is 1.95. The lowest BCUT2D eigenvalue weighted by molar-refractivity contribution is -0.123. The lowest BCUT2D eigenvalue weighted by Gasteiger charge is -2.26. The maximum atomic E-state index is 11.7. The molecule has 0 heterocycles. The smallest absolute Gasteiger partial charge is 0.257 e. The number of ether oxygens (including phenoxy) is 1. The summed E-state index contributed by atoms with van der Waals surface area (Å²) in [5.74, 6) is 0.636. The van der Waals surface area contributed by atoms with E-state index in [-0.39, 0.29) is 12.5 Å². The van der Waals surface area contributed by atoms with E-state index in [9.17, 15) is 4.79 Å². The Labute approximate surface area is 115 Å². The first-order chi connectivity index (χ1) is 9.17. The number of para-hydroxylation sites is 1. The van der Waals surface area contributed by atoms with Gasteiger partial charge in [-0.15, -0.1) is 0 Å². The molecule has 1 atom stereocenters. The third kappa shape index (κ3) is 5.75. The Hall–Kier alpha value is -1.55. The number of nitrogens with zero attached hydrogens (tertiary/aromatic N) is 1. The van der Waals surface area contributed by atoms with Crippen molar-refractivity contribution in [2.24, 2.45) is 0 Å². The van der Waals surface area contributed by atoms with Crippen LogP contribution in [0.1, 0.15) is 20.8 Å². The SMILES string of the molecule is CCN(CC)C(C)CNC(=O)COc1ccccc1. The summed E-state index contributed by atoms with van der Waals surface area (Å²) in [7, 11) is 0. The van der Waals surface area contributed by atoms with Gasteiger partial charge in [0.2, 0.25) is 0 Å². The quantitative estimate of drug-likeness (QED) is 0.780. The minimum absolute atomic E-state index is 0.0645. The molecule has 0 spiro atoms. The monoisotopic (exact) mass is 264 g/mol. The Kier molecular flexibility index (Phi) is 6.97. The first kappa shape index (κ1) is 15.5. The summed E-state index contributed by atoms with van der Waals surface area (Å²) < 4.78 is 5.39. The largest absolute Gasteiger partial charge is 0.484 e. The fourth-order valence-electron chi connectivity index (χ4n) is 1.95. The van der Waals surface area contributed by atoms with E-state index in [0.717, 1.165) is 18.8 Å². The summed E-state index contributed by atoms with van der Waals surface area (Å²) in [5, 5.41) is 2.90. The van der Waals surface area contributed by atoms with Crippen LogP contribution >= 0.6 is 0 Å². The van der Waals surface area contributed by atoms with Gasteiger partial charge in [0, 0.05) is 12.6 Å². The van der Waals surface area contributed by atoms with Gasteiger partial charge in [-0.3, -0.25) is 9.69 Å². The molecule has 106 valence electrons. The summed E-state index contributed by atoms with van der Waals surface area (Å²) in [6, 6.07) is 9.71. The van der Waals surface area contributed by atoms with Crippen molar-refractivity contribution in [2.45, 2.75) is 26.8 Å². The van der Waals surface area contributed by atoms with Crippen LogP contribution in [0.3, 0.4) is 0 Å². The number of nitrogens with one attached hydrogen (secondary N) is 1. The number of carbonyl (C=O) groups excluding carboxylic acids is 1. The lowest BCUT2D eigenvalue weighted by Crippen LogP contribution is -2.43. The second kappa shape index (κ2) is 8.53. The molecule has 0 saturated carbocycles. The maximum Gasteiger partial charge on any atom is 0.257 e. The molecule has 19 heavy (non-hydrogen) atoms. The normalized spacial score (nSPS) is 12.2. The molecule has 1 amide bonds. The van der Waals surface area contributed by atoms with Gasteiger partial charge in [0.1, 0.15) is 5.75 Å². The van der Waals surface area contributed by atoms with E-state index in [1.165, 1.54) is 0 Å². The first-order valence-corrected chi connectivity index (χ1v) is 6.86. The van der Waals surface area contributed by atoms with Gasteiger partial charge in [-0.2, -0.15) is 0 Å². The van der Waals surface area contributed by atoms with Crippen LogP contribution in [0.4, 0.5) is 0 Å². The van der Waals surface area contributed by atoms with E-state index in [4.69, 9.17) is 4.74 Å². The van der Waals surface area contributed by atoms with Gasteiger partial charge in [0.25, 0.3) is 5.91 Å². The zero-order valence-electron chi connectivity index (χ0n) is 12.1. The van der Waals surface area contributed by atoms with Crippen molar-refractivity contribution in [1.29, 1.82) is 0 Å². The van der Waals surface area contributed by atoms with Crippen molar-refractivity contribution in [3.05, 3.63) is 30.3 Å². The Morgan fingerprint density at radius 3 is 2.47 bits per heavy atom. The molecule has 1 unspecified atom stereocenters. The van der Waals surface area contributed by atoms with E-state index in [2.05, 4.69) is 31.0 Å². The van der Waals surface area contributed by atoms with Gasteiger partial charge in [-0.1, -0.05) is 32.0 Å². The molecule has 1 N–H and O–H groups in total. The van der Waals surface area contributed by atoms with Gasteiger partial charge in [0.05, 0.1) is 0 Å². The number of likely N-dealkylation sites (N-methyl/N-ethyl adjacent to an activating group) is 1. The van der Waals surface area contributed by atoms with Crippen LogP contribution in [0, 0.1) is 0 Å². The number of hydrogen-bond acceptors (Lipinski definition) is 3. The molecule has 1 aromatic carbocycles. The Morgan fingerprint density at radius 1 is 1.26 bits per heavy atom. The van der Waals surface area contributed by atoms with E-state index < -0.39 is 0 Å². The third-order valence-corrected chi connectivity index (χ3v) is 3.14. The maximum absolute atomic E-state index is 11.7. The fraction of sp³-hybridized carbons (Fsp3) is 0.533. The Bertz CT molecular complexity index is 364. The highest BCUT2D eigenvalue weighted by atomic mass is 16.5. The molecule has 0 aliphatic rings. The molecule has 0 radical (unpaired) electrons. The van der Waals surface area contributed by atoms with Gasteiger partial charge >= 0.3 is 0 Å². The van der Waals surface area contributed by atoms with Gasteiger partial charge < -0.3 is 10.1 Å². The van der Waals surface area contributed by atoms with E-state index in [0.29, 0.717) is 12.6 Å². The zero-order chi connectivity index (χ0) is 14.1. The highest BCUT2D eigenvalue weighted by molar-refractivity contribution is 5.77. The molecule has 0 aromatic heterocycles. The molecule has 1 aromatic rings. The van der Waals surface area contributed by atoms with Gasteiger partial charge in [-0.25, -0.2) is 0 Å². The molecule has 0 fully saturated rings. The minimum atomic E-state index is -0.0807. The second-order valence-corrected chi connectivity index (χ2v) is 4.48. The minimum Gasteiger partial charge on any atom is -0.484 e. The Balaban J connectivity index is 2.24. The molecular weight excluding hydrogens is 240 g/mol. The second-order valence-electron chi connectivity index (χ2n) is 4.48. The summed E-state index contributed by atoms with van der Waals surface area (Å²) in [5.41, 5.74) is 0. The molecule has 4 heteroatoms. The van der Waals surface area contributed by atoms with Crippen molar-refractivity contribution in [2.75, 3.05) is 26.2 Å². The molecule has 0 bridgehead atoms. The van der Waals surface area contributed by atoms with Crippen LogP contribution in [0.15, 0.2) is 30.3 Å². The van der Waals surface area contributed by atoms with Crippen molar-refractivity contribution in [1.82, 2.24) is 10.2 Å². The van der Waals surface area contributed by atoms with E-state index in [1.54, 1.807) is 0 Å². The molecule has 0 aliphatic carbocycles. The number of rotatable bonds is 8. The lowest BCUT2D eigenvalue weighted by atomic mass is 10.3. The van der Waals surface area contributed by atoms with Gasteiger partial charge in [-0.05, 0) is 32.1 Å². The first-order valence-electron chi connectivity index (χ1n) is 6.86. The zero-order valence-corrected chi connectivity index (χ0v) is 12.1. The predicted molar refractivity (Wildman–Crippen MR) is 77.3 cm³/mol. The number of amides is 1. The van der Waals surface area contributed by atoms with Crippen molar-refractivity contribution >= 4 is 5.91 Å². The Morgan fingerprint density at radius 2 is 1.89 bits per heavy atom. The summed E-state index contributed by atoms with van der Waals surface area (Å²) in [4.78, 5) is 14.0. The average molecular weight is 264 g/mol. The molecule has 1 rings (SSSR count). The number of benzene rings is 1. The average Bonchev–Trinajstić information content (AvgIpc) is 2.45. The molecule has 4 nitrogen and oxygen atoms in total. The summed E-state index contributed by atoms with van der Waals surface area (Å²) in [6.45, 7) is 9.07. The van der Waals surface area contributed by atoms with Crippen molar-refractivity contribution < 1.29 is 9.53 Å².